The van der Waals surface area contributed by atoms with Crippen LogP contribution in [-0.2, 0) is 6.42 Å². The summed E-state index contributed by atoms with van der Waals surface area (Å²) in [6, 6.07) is 7.83. The third-order valence-corrected chi connectivity index (χ3v) is 3.75. The van der Waals surface area contributed by atoms with E-state index in [2.05, 4.69) is 19.4 Å². The normalized spacial score (nSPS) is 12.7. The van der Waals surface area contributed by atoms with Crippen LogP contribution in [0.4, 0.5) is 0 Å². The van der Waals surface area contributed by atoms with E-state index in [1.165, 1.54) is 11.8 Å². The lowest BCUT2D eigenvalue weighted by molar-refractivity contribution is 0.705. The fraction of sp³-hybridized carbons (Fsp3) is 0.214. The number of nitrogens with two attached hydrogens (primary N) is 1. The molecule has 3 heterocycles. The predicted molar refractivity (Wildman–Crippen MR) is 78.7 cm³/mol. The fourth-order valence-corrected chi connectivity index (χ4v) is 2.86. The topological polar surface area (TPSA) is 69.1 Å². The molecule has 3 aromatic heterocycles. The highest BCUT2D eigenvalue weighted by atomic mass is 32.2. The van der Waals surface area contributed by atoms with E-state index in [1.54, 1.807) is 18.5 Å². The summed E-state index contributed by atoms with van der Waals surface area (Å²) in [4.78, 5) is 13.1. The number of imidazole rings is 1. The lowest BCUT2D eigenvalue weighted by atomic mass is 10.2. The lowest BCUT2D eigenvalue weighted by Gasteiger charge is -2.07. The molecule has 0 saturated carbocycles. The Labute approximate surface area is 121 Å². The molecule has 6 heteroatoms. The summed E-state index contributed by atoms with van der Waals surface area (Å²) in [6.45, 7) is 2.00. The van der Waals surface area contributed by atoms with E-state index in [1.807, 2.05) is 31.3 Å². The maximum Gasteiger partial charge on any atom is 0.193 e. The van der Waals surface area contributed by atoms with Crippen molar-refractivity contribution in [3.8, 4) is 0 Å². The third kappa shape index (κ3) is 2.66. The highest BCUT2D eigenvalue weighted by Gasteiger charge is 2.15. The van der Waals surface area contributed by atoms with E-state index in [0.717, 1.165) is 22.8 Å². The average molecular weight is 285 g/mol. The van der Waals surface area contributed by atoms with Crippen molar-refractivity contribution in [1.29, 1.82) is 0 Å². The van der Waals surface area contributed by atoms with E-state index in [4.69, 9.17) is 5.73 Å². The van der Waals surface area contributed by atoms with Crippen LogP contribution in [0.1, 0.15) is 12.6 Å². The summed E-state index contributed by atoms with van der Waals surface area (Å²) in [7, 11) is 0. The fourth-order valence-electron chi connectivity index (χ4n) is 2.02. The van der Waals surface area contributed by atoms with Crippen LogP contribution in [0.25, 0.3) is 5.65 Å². The quantitative estimate of drug-likeness (QED) is 0.744. The van der Waals surface area contributed by atoms with Crippen LogP contribution >= 0.6 is 11.8 Å². The number of pyridine rings is 1. The number of nitrogens with zero attached hydrogens (tertiary/aromatic N) is 4. The predicted octanol–water partition coefficient (Wildman–Crippen LogP) is 2.17. The molecule has 102 valence electrons. The molecule has 0 spiro atoms. The summed E-state index contributed by atoms with van der Waals surface area (Å²) in [5.74, 6) is 0. The van der Waals surface area contributed by atoms with Crippen LogP contribution in [-0.4, -0.2) is 25.4 Å². The van der Waals surface area contributed by atoms with Gasteiger partial charge in [-0.3, -0.25) is 0 Å². The van der Waals surface area contributed by atoms with Gasteiger partial charge < -0.3 is 10.1 Å². The molecule has 0 radical (unpaired) electrons. The minimum Gasteiger partial charge on any atom is -0.328 e. The molecular formula is C14H15N5S. The maximum atomic E-state index is 5.96. The van der Waals surface area contributed by atoms with Crippen molar-refractivity contribution >= 4 is 17.4 Å². The van der Waals surface area contributed by atoms with Gasteiger partial charge in [0.1, 0.15) is 10.7 Å². The lowest BCUT2D eigenvalue weighted by Crippen LogP contribution is -2.19. The summed E-state index contributed by atoms with van der Waals surface area (Å²) in [6.07, 6.45) is 6.24. The molecule has 0 fully saturated rings. The van der Waals surface area contributed by atoms with Gasteiger partial charge in [0.05, 0.1) is 5.69 Å². The Morgan fingerprint density at radius 3 is 2.80 bits per heavy atom. The monoisotopic (exact) mass is 285 g/mol. The van der Waals surface area contributed by atoms with Crippen LogP contribution in [0.3, 0.4) is 0 Å². The van der Waals surface area contributed by atoms with Crippen LogP contribution in [0.15, 0.2) is 53.0 Å². The second kappa shape index (κ2) is 5.60. The Balaban J connectivity index is 2.04. The first kappa shape index (κ1) is 13.1. The van der Waals surface area contributed by atoms with Crippen LogP contribution in [0.2, 0.25) is 0 Å². The summed E-state index contributed by atoms with van der Waals surface area (Å²) >= 11 is 1.47. The van der Waals surface area contributed by atoms with E-state index >= 15 is 0 Å². The Kier molecular flexibility index (Phi) is 3.66. The zero-order valence-corrected chi connectivity index (χ0v) is 11.9. The van der Waals surface area contributed by atoms with Gasteiger partial charge >= 0.3 is 0 Å². The highest BCUT2D eigenvalue weighted by molar-refractivity contribution is 7.99. The molecule has 0 bridgehead atoms. The van der Waals surface area contributed by atoms with E-state index in [-0.39, 0.29) is 6.04 Å². The minimum absolute atomic E-state index is 0.0751. The van der Waals surface area contributed by atoms with Gasteiger partial charge in [-0.05, 0) is 36.9 Å². The van der Waals surface area contributed by atoms with Crippen molar-refractivity contribution < 1.29 is 0 Å². The molecule has 0 saturated heterocycles. The number of rotatable bonds is 4. The number of aromatic nitrogens is 4. The first-order chi connectivity index (χ1) is 9.74. The summed E-state index contributed by atoms with van der Waals surface area (Å²) in [5, 5.41) is 1.61. The Morgan fingerprint density at radius 1 is 1.25 bits per heavy atom. The SMILES string of the molecule is CC(N)Cc1c(Sc2ncccn2)nc2ccccn12. The third-order valence-electron chi connectivity index (χ3n) is 2.84. The average Bonchev–Trinajstić information content (AvgIpc) is 2.78. The number of hydrogen-bond donors (Lipinski definition) is 1. The van der Waals surface area contributed by atoms with Crippen molar-refractivity contribution in [3.05, 3.63) is 48.5 Å². The van der Waals surface area contributed by atoms with Gasteiger partial charge in [-0.2, -0.15) is 0 Å². The maximum absolute atomic E-state index is 5.96. The van der Waals surface area contributed by atoms with Gasteiger partial charge in [0.15, 0.2) is 5.16 Å². The summed E-state index contributed by atoms with van der Waals surface area (Å²) < 4.78 is 2.08. The Hall–Kier alpha value is -1.92. The molecule has 0 aliphatic carbocycles. The largest absolute Gasteiger partial charge is 0.328 e. The second-order valence-electron chi connectivity index (χ2n) is 4.61. The van der Waals surface area contributed by atoms with Crippen molar-refractivity contribution in [2.24, 2.45) is 5.73 Å². The van der Waals surface area contributed by atoms with Crippen molar-refractivity contribution in [3.63, 3.8) is 0 Å². The van der Waals surface area contributed by atoms with E-state index in [0.29, 0.717) is 5.16 Å². The van der Waals surface area contributed by atoms with Gasteiger partial charge in [0.25, 0.3) is 0 Å². The standard InChI is InChI=1S/C14H15N5S/c1-10(15)9-11-13(20-14-16-6-4-7-17-14)18-12-5-2-3-8-19(11)12/h2-8,10H,9,15H2,1H3. The molecule has 0 amide bonds. The molecular weight excluding hydrogens is 270 g/mol. The number of hydrogen-bond acceptors (Lipinski definition) is 5. The van der Waals surface area contributed by atoms with Crippen LogP contribution < -0.4 is 5.73 Å². The summed E-state index contributed by atoms with van der Waals surface area (Å²) in [5.41, 5.74) is 7.98. The molecule has 20 heavy (non-hydrogen) atoms. The number of fused-ring (bicyclic) bond motifs is 1. The first-order valence-corrected chi connectivity index (χ1v) is 7.22. The molecule has 5 nitrogen and oxygen atoms in total. The molecule has 0 aromatic carbocycles. The van der Waals surface area contributed by atoms with Crippen LogP contribution in [0, 0.1) is 0 Å². The highest BCUT2D eigenvalue weighted by Crippen LogP contribution is 2.28. The van der Waals surface area contributed by atoms with Crippen LogP contribution in [0.5, 0.6) is 0 Å². The van der Waals surface area contributed by atoms with E-state index < -0.39 is 0 Å². The minimum atomic E-state index is 0.0751. The first-order valence-electron chi connectivity index (χ1n) is 6.40. The Morgan fingerprint density at radius 2 is 2.05 bits per heavy atom. The second-order valence-corrected chi connectivity index (χ2v) is 5.56. The molecule has 3 aromatic rings. The smallest absolute Gasteiger partial charge is 0.193 e. The Bertz CT molecular complexity index is 708. The molecule has 2 N–H and O–H groups in total. The van der Waals surface area contributed by atoms with Gasteiger partial charge in [-0.15, -0.1) is 0 Å². The zero-order valence-electron chi connectivity index (χ0n) is 11.1. The van der Waals surface area contributed by atoms with Gasteiger partial charge in [0.2, 0.25) is 0 Å². The molecule has 0 aliphatic heterocycles. The molecule has 0 aliphatic rings. The van der Waals surface area contributed by atoms with Gasteiger partial charge in [-0.25, -0.2) is 15.0 Å². The molecule has 3 rings (SSSR count). The van der Waals surface area contributed by atoms with Gasteiger partial charge in [0, 0.05) is 31.1 Å². The zero-order chi connectivity index (χ0) is 13.9. The van der Waals surface area contributed by atoms with Crippen molar-refractivity contribution in [2.45, 2.75) is 29.6 Å². The molecule has 1 atom stereocenters. The van der Waals surface area contributed by atoms with Gasteiger partial charge in [-0.1, -0.05) is 6.07 Å². The van der Waals surface area contributed by atoms with Crippen molar-refractivity contribution in [1.82, 2.24) is 19.4 Å². The van der Waals surface area contributed by atoms with Crippen molar-refractivity contribution in [2.75, 3.05) is 0 Å². The molecule has 1 unspecified atom stereocenters. The van der Waals surface area contributed by atoms with E-state index in [9.17, 15) is 0 Å².